The predicted octanol–water partition coefficient (Wildman–Crippen LogP) is 5.63. The number of carbonyl (C=O) groups excluding carboxylic acids is 3. The molecule has 1 heterocycles. The molecule has 0 bridgehead atoms. The van der Waals surface area contributed by atoms with Crippen LogP contribution in [0.15, 0.2) is 70.7 Å². The van der Waals surface area contributed by atoms with Crippen molar-refractivity contribution < 1.29 is 14.4 Å². The Bertz CT molecular complexity index is 1310. The van der Waals surface area contributed by atoms with Crippen molar-refractivity contribution in [2.75, 3.05) is 4.90 Å². The highest BCUT2D eigenvalue weighted by molar-refractivity contribution is 9.10. The van der Waals surface area contributed by atoms with Crippen LogP contribution in [-0.2, 0) is 16.0 Å². The van der Waals surface area contributed by atoms with E-state index in [1.807, 2.05) is 37.3 Å². The lowest BCUT2D eigenvalue weighted by Crippen LogP contribution is -2.54. The van der Waals surface area contributed by atoms with E-state index in [0.29, 0.717) is 12.1 Å². The summed E-state index contributed by atoms with van der Waals surface area (Å²) in [7, 11) is 0. The minimum Gasteiger partial charge on any atom is -0.273 e. The molecule has 1 saturated heterocycles. The Kier molecular flexibility index (Phi) is 6.29. The molecule has 0 atom stereocenters. The topological polar surface area (TPSA) is 66.5 Å². The Morgan fingerprint density at radius 3 is 2.30 bits per heavy atom. The Balaban J connectivity index is 1.76. The minimum absolute atomic E-state index is 0.0855. The smallest absolute Gasteiger partial charge is 0.273 e. The van der Waals surface area contributed by atoms with Crippen LogP contribution >= 0.6 is 15.9 Å². The van der Waals surface area contributed by atoms with Gasteiger partial charge in [-0.3, -0.25) is 14.9 Å². The van der Waals surface area contributed by atoms with Gasteiger partial charge in [0.1, 0.15) is 5.57 Å². The molecule has 3 aromatic rings. The number of hydrogen-bond acceptors (Lipinski definition) is 3. The zero-order chi connectivity index (χ0) is 23.7. The number of benzene rings is 3. The number of nitrogens with one attached hydrogen (secondary N) is 1. The summed E-state index contributed by atoms with van der Waals surface area (Å²) >= 11 is 3.49. The first kappa shape index (κ1) is 22.7. The first-order valence-corrected chi connectivity index (χ1v) is 11.3. The summed E-state index contributed by atoms with van der Waals surface area (Å²) in [6, 6.07) is 18.5. The van der Waals surface area contributed by atoms with Crippen LogP contribution in [0.4, 0.5) is 10.5 Å². The van der Waals surface area contributed by atoms with Crippen LogP contribution in [0.5, 0.6) is 0 Å². The van der Waals surface area contributed by atoms with Gasteiger partial charge in [-0.2, -0.15) is 0 Å². The third-order valence-electron chi connectivity index (χ3n) is 5.54. The lowest BCUT2D eigenvalue weighted by Gasteiger charge is -2.27. The summed E-state index contributed by atoms with van der Waals surface area (Å²) in [6.07, 6.45) is 2.21. The molecule has 1 N–H and O–H groups in total. The van der Waals surface area contributed by atoms with E-state index in [1.54, 1.807) is 18.2 Å². The number of halogens is 1. The standard InChI is InChI=1S/C27H23BrN2O3/c1-16-10-17(2)12-19(11-16)13-20-8-9-22(28)14-21(20)15-23-25(31)29-27(33)30(26(23)32)24-7-5-4-6-18(24)3/h4-12,14-15H,13H2,1-3H3,(H,29,31,33)/b23-15+. The summed E-state index contributed by atoms with van der Waals surface area (Å²) in [5, 5.41) is 2.30. The van der Waals surface area contributed by atoms with Crippen LogP contribution in [0.3, 0.4) is 0 Å². The average molecular weight is 503 g/mol. The second-order valence-electron chi connectivity index (χ2n) is 8.26. The largest absolute Gasteiger partial charge is 0.335 e. The number of amides is 4. The van der Waals surface area contributed by atoms with Crippen molar-refractivity contribution >= 4 is 45.5 Å². The molecule has 0 unspecified atom stereocenters. The first-order chi connectivity index (χ1) is 15.7. The van der Waals surface area contributed by atoms with Crippen molar-refractivity contribution in [1.82, 2.24) is 5.32 Å². The molecule has 0 radical (unpaired) electrons. The summed E-state index contributed by atoms with van der Waals surface area (Å²) in [5.74, 6) is -1.34. The lowest BCUT2D eigenvalue weighted by atomic mass is 9.95. The molecule has 1 fully saturated rings. The number of hydrogen-bond donors (Lipinski definition) is 1. The number of rotatable bonds is 4. The molecule has 1 aliphatic heterocycles. The van der Waals surface area contributed by atoms with Crippen molar-refractivity contribution in [3.8, 4) is 0 Å². The van der Waals surface area contributed by atoms with Crippen LogP contribution in [0.2, 0.25) is 0 Å². The Hall–Kier alpha value is -3.51. The van der Waals surface area contributed by atoms with Crippen LogP contribution in [-0.4, -0.2) is 17.8 Å². The van der Waals surface area contributed by atoms with E-state index in [4.69, 9.17) is 0 Å². The molecular formula is C27H23BrN2O3. The highest BCUT2D eigenvalue weighted by Crippen LogP contribution is 2.27. The summed E-state index contributed by atoms with van der Waals surface area (Å²) in [6.45, 7) is 5.93. The van der Waals surface area contributed by atoms with Crippen molar-refractivity contribution in [3.05, 3.63) is 104 Å². The summed E-state index contributed by atoms with van der Waals surface area (Å²) < 4.78 is 0.828. The van der Waals surface area contributed by atoms with Gasteiger partial charge in [0.25, 0.3) is 11.8 Å². The van der Waals surface area contributed by atoms with E-state index >= 15 is 0 Å². The van der Waals surface area contributed by atoms with Crippen molar-refractivity contribution in [1.29, 1.82) is 0 Å². The molecule has 4 rings (SSSR count). The molecule has 0 aromatic heterocycles. The molecule has 0 saturated carbocycles. The molecule has 6 heteroatoms. The number of para-hydroxylation sites is 1. The van der Waals surface area contributed by atoms with Gasteiger partial charge >= 0.3 is 6.03 Å². The maximum Gasteiger partial charge on any atom is 0.335 e. The normalized spacial score (nSPS) is 15.2. The number of nitrogens with zero attached hydrogens (tertiary/aromatic N) is 1. The van der Waals surface area contributed by atoms with E-state index in [0.717, 1.165) is 31.6 Å². The zero-order valence-electron chi connectivity index (χ0n) is 18.6. The molecule has 1 aliphatic rings. The number of urea groups is 1. The number of anilines is 1. The molecule has 5 nitrogen and oxygen atoms in total. The summed E-state index contributed by atoms with van der Waals surface area (Å²) in [5.41, 5.74) is 6.32. The highest BCUT2D eigenvalue weighted by atomic mass is 79.9. The highest BCUT2D eigenvalue weighted by Gasteiger charge is 2.37. The number of aryl methyl sites for hydroxylation is 3. The van der Waals surface area contributed by atoms with Gasteiger partial charge in [0, 0.05) is 4.47 Å². The van der Waals surface area contributed by atoms with E-state index in [1.165, 1.54) is 11.1 Å². The molecule has 166 valence electrons. The monoisotopic (exact) mass is 502 g/mol. The van der Waals surface area contributed by atoms with Gasteiger partial charge in [-0.15, -0.1) is 0 Å². The molecule has 3 aromatic carbocycles. The van der Waals surface area contributed by atoms with E-state index in [9.17, 15) is 14.4 Å². The van der Waals surface area contributed by atoms with E-state index in [-0.39, 0.29) is 5.57 Å². The zero-order valence-corrected chi connectivity index (χ0v) is 20.2. The van der Waals surface area contributed by atoms with Gasteiger partial charge in [0.2, 0.25) is 0 Å². The van der Waals surface area contributed by atoms with Gasteiger partial charge in [0.15, 0.2) is 0 Å². The first-order valence-electron chi connectivity index (χ1n) is 10.6. The fraction of sp³-hybridized carbons (Fsp3) is 0.148. The second-order valence-corrected chi connectivity index (χ2v) is 9.18. The quantitative estimate of drug-likeness (QED) is 0.371. The number of barbiturate groups is 1. The molecule has 4 amide bonds. The minimum atomic E-state index is -0.749. The van der Waals surface area contributed by atoms with Crippen molar-refractivity contribution in [2.45, 2.75) is 27.2 Å². The fourth-order valence-electron chi connectivity index (χ4n) is 4.10. The van der Waals surface area contributed by atoms with Crippen LogP contribution in [0.25, 0.3) is 6.08 Å². The maximum absolute atomic E-state index is 13.3. The maximum atomic E-state index is 13.3. The Morgan fingerprint density at radius 1 is 0.909 bits per heavy atom. The van der Waals surface area contributed by atoms with Gasteiger partial charge in [-0.25, -0.2) is 9.69 Å². The molecule has 33 heavy (non-hydrogen) atoms. The Labute approximate surface area is 201 Å². The molecule has 0 spiro atoms. The van der Waals surface area contributed by atoms with Crippen LogP contribution in [0, 0.1) is 20.8 Å². The summed E-state index contributed by atoms with van der Waals surface area (Å²) in [4.78, 5) is 39.5. The van der Waals surface area contributed by atoms with Crippen molar-refractivity contribution in [2.24, 2.45) is 0 Å². The van der Waals surface area contributed by atoms with E-state index < -0.39 is 17.8 Å². The second kappa shape index (κ2) is 9.16. The van der Waals surface area contributed by atoms with Gasteiger partial charge < -0.3 is 0 Å². The van der Waals surface area contributed by atoms with Crippen molar-refractivity contribution in [3.63, 3.8) is 0 Å². The fourth-order valence-corrected chi connectivity index (χ4v) is 4.48. The van der Waals surface area contributed by atoms with Gasteiger partial charge in [0.05, 0.1) is 5.69 Å². The van der Waals surface area contributed by atoms with Crippen LogP contribution < -0.4 is 10.2 Å². The van der Waals surface area contributed by atoms with E-state index in [2.05, 4.69) is 53.3 Å². The number of imide groups is 2. The Morgan fingerprint density at radius 2 is 1.61 bits per heavy atom. The third-order valence-corrected chi connectivity index (χ3v) is 6.04. The molecule has 0 aliphatic carbocycles. The SMILES string of the molecule is Cc1cc(C)cc(Cc2ccc(Br)cc2/C=C2\C(=O)NC(=O)N(c3ccccc3C)C2=O)c1. The van der Waals surface area contributed by atoms with Gasteiger partial charge in [-0.05, 0) is 73.7 Å². The number of carbonyl (C=O) groups is 3. The van der Waals surface area contributed by atoms with Crippen LogP contribution in [0.1, 0.15) is 33.4 Å². The lowest BCUT2D eigenvalue weighted by molar-refractivity contribution is -0.122. The predicted molar refractivity (Wildman–Crippen MR) is 133 cm³/mol. The average Bonchev–Trinajstić information content (AvgIpc) is 2.73. The van der Waals surface area contributed by atoms with Gasteiger partial charge in [-0.1, -0.05) is 69.5 Å². The third kappa shape index (κ3) is 4.81. The molecular weight excluding hydrogens is 480 g/mol.